The minimum Gasteiger partial charge on any atom is -0.405 e. The molecule has 0 aliphatic rings. The summed E-state index contributed by atoms with van der Waals surface area (Å²) in [5.74, 6) is -0.938. The molecule has 0 aromatic heterocycles. The van der Waals surface area contributed by atoms with Crippen molar-refractivity contribution >= 4 is 33.3 Å². The van der Waals surface area contributed by atoms with Gasteiger partial charge in [-0.15, -0.1) is 13.2 Å². The molecule has 0 aliphatic carbocycles. The molecule has 0 atom stereocenters. The molecule has 0 saturated heterocycles. The van der Waals surface area contributed by atoms with E-state index in [1.807, 2.05) is 0 Å². The quantitative estimate of drug-likeness (QED) is 0.764. The van der Waals surface area contributed by atoms with Crippen molar-refractivity contribution < 1.29 is 22.7 Å². The number of Topliss-reactive ketones (excluding diaryl/α,β-unsaturated/α-hetero) is 1. The molecular formula is C9H5BrClF3O2. The Balaban J connectivity index is 3.20. The first-order valence-corrected chi connectivity index (χ1v) is 5.13. The lowest BCUT2D eigenvalue weighted by Crippen LogP contribution is -2.17. The van der Waals surface area contributed by atoms with Crippen molar-refractivity contribution in [3.63, 3.8) is 0 Å². The summed E-state index contributed by atoms with van der Waals surface area (Å²) in [6, 6.07) is 2.13. The van der Waals surface area contributed by atoms with Crippen molar-refractivity contribution in [2.75, 3.05) is 0 Å². The third kappa shape index (κ3) is 3.38. The van der Waals surface area contributed by atoms with E-state index in [4.69, 9.17) is 11.6 Å². The first kappa shape index (κ1) is 13.3. The molecule has 2 nitrogen and oxygen atoms in total. The highest BCUT2D eigenvalue weighted by Crippen LogP contribution is 2.34. The molecule has 1 rings (SSSR count). The van der Waals surface area contributed by atoms with Gasteiger partial charge >= 0.3 is 6.36 Å². The second-order valence-electron chi connectivity index (χ2n) is 2.87. The van der Waals surface area contributed by atoms with Crippen molar-refractivity contribution in [3.05, 3.63) is 27.2 Å². The largest absolute Gasteiger partial charge is 0.573 e. The highest BCUT2D eigenvalue weighted by molar-refractivity contribution is 9.10. The lowest BCUT2D eigenvalue weighted by molar-refractivity contribution is -0.274. The fourth-order valence-corrected chi connectivity index (χ4v) is 1.85. The van der Waals surface area contributed by atoms with Crippen molar-refractivity contribution in [2.24, 2.45) is 0 Å². The van der Waals surface area contributed by atoms with Gasteiger partial charge in [-0.2, -0.15) is 0 Å². The number of alkyl halides is 3. The van der Waals surface area contributed by atoms with Gasteiger partial charge in [-0.1, -0.05) is 11.6 Å². The van der Waals surface area contributed by atoms with E-state index in [2.05, 4.69) is 20.7 Å². The van der Waals surface area contributed by atoms with E-state index in [-0.39, 0.29) is 15.1 Å². The van der Waals surface area contributed by atoms with Crippen LogP contribution in [0, 0.1) is 0 Å². The number of benzene rings is 1. The molecule has 0 unspecified atom stereocenters. The third-order valence-electron chi connectivity index (χ3n) is 1.63. The Bertz CT molecular complexity index is 431. The molecule has 7 heteroatoms. The molecule has 88 valence electrons. The van der Waals surface area contributed by atoms with Crippen LogP contribution in [-0.2, 0) is 0 Å². The number of hydrogen-bond acceptors (Lipinski definition) is 2. The molecule has 0 heterocycles. The van der Waals surface area contributed by atoms with Gasteiger partial charge in [0.15, 0.2) is 5.78 Å². The molecule has 0 N–H and O–H groups in total. The van der Waals surface area contributed by atoms with Crippen molar-refractivity contribution in [2.45, 2.75) is 13.3 Å². The number of carbonyl (C=O) groups excluding carboxylic acids is 1. The van der Waals surface area contributed by atoms with E-state index >= 15 is 0 Å². The number of hydrogen-bond donors (Lipinski definition) is 0. The Hall–Kier alpha value is -0.750. The molecule has 0 spiro atoms. The molecule has 0 bridgehead atoms. The van der Waals surface area contributed by atoms with Crippen LogP contribution in [0.3, 0.4) is 0 Å². The molecule has 0 amide bonds. The van der Waals surface area contributed by atoms with Crippen LogP contribution >= 0.6 is 27.5 Å². The van der Waals surface area contributed by atoms with Gasteiger partial charge in [-0.05, 0) is 35.0 Å². The van der Waals surface area contributed by atoms with Crippen LogP contribution in [0.4, 0.5) is 13.2 Å². The SMILES string of the molecule is CC(=O)c1cc(OC(F)(F)F)c(Br)cc1Cl. The van der Waals surface area contributed by atoms with Gasteiger partial charge in [0.1, 0.15) is 5.75 Å². The van der Waals surface area contributed by atoms with Gasteiger partial charge < -0.3 is 4.74 Å². The third-order valence-corrected chi connectivity index (χ3v) is 2.56. The fraction of sp³-hybridized carbons (Fsp3) is 0.222. The topological polar surface area (TPSA) is 26.3 Å². The van der Waals surface area contributed by atoms with Crippen molar-refractivity contribution in [3.8, 4) is 5.75 Å². The molecule has 16 heavy (non-hydrogen) atoms. The molecule has 0 saturated carbocycles. The van der Waals surface area contributed by atoms with E-state index < -0.39 is 17.9 Å². The normalized spacial score (nSPS) is 11.4. The minimum atomic E-state index is -4.82. The van der Waals surface area contributed by atoms with Crippen LogP contribution in [0.25, 0.3) is 0 Å². The molecule has 0 radical (unpaired) electrons. The van der Waals surface area contributed by atoms with Crippen LogP contribution in [-0.4, -0.2) is 12.1 Å². The first-order chi connectivity index (χ1) is 7.20. The fourth-order valence-electron chi connectivity index (χ4n) is 1.00. The van der Waals surface area contributed by atoms with E-state index in [1.165, 1.54) is 13.0 Å². The number of carbonyl (C=O) groups is 1. The maximum atomic E-state index is 12.0. The average molecular weight is 317 g/mol. The van der Waals surface area contributed by atoms with Crippen LogP contribution in [0.2, 0.25) is 5.02 Å². The smallest absolute Gasteiger partial charge is 0.405 e. The molecule has 0 fully saturated rings. The maximum absolute atomic E-state index is 12.0. The highest BCUT2D eigenvalue weighted by Gasteiger charge is 2.32. The summed E-state index contributed by atoms with van der Waals surface area (Å²) in [6.45, 7) is 1.20. The van der Waals surface area contributed by atoms with Crippen LogP contribution in [0.5, 0.6) is 5.75 Å². The zero-order valence-corrected chi connectivity index (χ0v) is 10.2. The van der Waals surface area contributed by atoms with Gasteiger partial charge in [0.25, 0.3) is 0 Å². The Labute approximate surface area is 102 Å². The summed E-state index contributed by atoms with van der Waals surface area (Å²) >= 11 is 8.54. The van der Waals surface area contributed by atoms with Gasteiger partial charge in [-0.25, -0.2) is 0 Å². The molecule has 1 aromatic rings. The van der Waals surface area contributed by atoms with Crippen molar-refractivity contribution in [1.82, 2.24) is 0 Å². The Morgan fingerprint density at radius 2 is 2.00 bits per heavy atom. The van der Waals surface area contributed by atoms with Gasteiger partial charge in [0, 0.05) is 5.56 Å². The van der Waals surface area contributed by atoms with E-state index in [9.17, 15) is 18.0 Å². The zero-order valence-electron chi connectivity index (χ0n) is 7.86. The zero-order chi connectivity index (χ0) is 12.5. The van der Waals surface area contributed by atoms with Gasteiger partial charge in [0.05, 0.1) is 9.50 Å². The second kappa shape index (κ2) is 4.63. The summed E-state index contributed by atoms with van der Waals surface area (Å²) < 4.78 is 39.7. The monoisotopic (exact) mass is 316 g/mol. The molecular weight excluding hydrogens is 312 g/mol. The van der Waals surface area contributed by atoms with E-state index in [1.54, 1.807) is 0 Å². The number of ketones is 1. The van der Waals surface area contributed by atoms with Crippen LogP contribution in [0.1, 0.15) is 17.3 Å². The standard InChI is InChI=1S/C9H5BrClF3O2/c1-4(15)5-2-8(16-9(12,13)14)6(10)3-7(5)11/h2-3H,1H3. The van der Waals surface area contributed by atoms with Gasteiger partial charge in [0.2, 0.25) is 0 Å². The number of halogens is 5. The summed E-state index contributed by atoms with van der Waals surface area (Å²) in [6.07, 6.45) is -4.82. The number of ether oxygens (including phenoxy) is 1. The van der Waals surface area contributed by atoms with E-state index in [0.717, 1.165) is 6.07 Å². The summed E-state index contributed by atoms with van der Waals surface area (Å²) in [5, 5.41) is 0.0638. The Kier molecular flexibility index (Phi) is 3.85. The predicted octanol–water partition coefficient (Wildman–Crippen LogP) is 4.20. The van der Waals surface area contributed by atoms with Crippen LogP contribution in [0.15, 0.2) is 16.6 Å². The molecule has 0 aliphatic heterocycles. The van der Waals surface area contributed by atoms with Gasteiger partial charge in [-0.3, -0.25) is 4.79 Å². The molecule has 1 aromatic carbocycles. The number of rotatable bonds is 2. The lowest BCUT2D eigenvalue weighted by atomic mass is 10.1. The maximum Gasteiger partial charge on any atom is 0.573 e. The van der Waals surface area contributed by atoms with Crippen molar-refractivity contribution in [1.29, 1.82) is 0 Å². The average Bonchev–Trinajstić information content (AvgIpc) is 2.07. The Morgan fingerprint density at radius 1 is 1.44 bits per heavy atom. The highest BCUT2D eigenvalue weighted by atomic mass is 79.9. The minimum absolute atomic E-state index is 0.0240. The lowest BCUT2D eigenvalue weighted by Gasteiger charge is -2.12. The second-order valence-corrected chi connectivity index (χ2v) is 4.13. The predicted molar refractivity (Wildman–Crippen MR) is 55.8 cm³/mol. The summed E-state index contributed by atoms with van der Waals surface area (Å²) in [7, 11) is 0. The first-order valence-electron chi connectivity index (χ1n) is 3.96. The summed E-state index contributed by atoms with van der Waals surface area (Å²) in [5.41, 5.74) is -0.0240. The Morgan fingerprint density at radius 3 is 2.44 bits per heavy atom. The summed E-state index contributed by atoms with van der Waals surface area (Å²) in [4.78, 5) is 11.1. The van der Waals surface area contributed by atoms with Crippen LogP contribution < -0.4 is 4.74 Å². The van der Waals surface area contributed by atoms with E-state index in [0.29, 0.717) is 0 Å².